The van der Waals surface area contributed by atoms with Crippen LogP contribution >= 0.6 is 11.6 Å². The Morgan fingerprint density at radius 3 is 2.68 bits per heavy atom. The fourth-order valence-corrected chi connectivity index (χ4v) is 2.01. The molecule has 2 unspecified atom stereocenters. The van der Waals surface area contributed by atoms with E-state index in [1.54, 1.807) is 12.1 Å². The molecule has 1 aromatic heterocycles. The van der Waals surface area contributed by atoms with Crippen molar-refractivity contribution in [2.24, 2.45) is 5.92 Å². The second-order valence-electron chi connectivity index (χ2n) is 5.34. The zero-order valence-corrected chi connectivity index (χ0v) is 13.3. The van der Waals surface area contributed by atoms with Crippen LogP contribution < -0.4 is 5.32 Å². The predicted octanol–water partition coefficient (Wildman–Crippen LogP) is 2.67. The molecule has 2 aromatic rings. The molecule has 1 heterocycles. The summed E-state index contributed by atoms with van der Waals surface area (Å²) in [6.45, 7) is 3.77. The highest BCUT2D eigenvalue weighted by Crippen LogP contribution is 2.21. The first kappa shape index (κ1) is 16.5. The van der Waals surface area contributed by atoms with Gasteiger partial charge in [-0.25, -0.2) is 4.98 Å². The highest BCUT2D eigenvalue weighted by Gasteiger charge is 2.16. The van der Waals surface area contributed by atoms with E-state index >= 15 is 0 Å². The molecule has 0 aliphatic heterocycles. The first-order chi connectivity index (χ1) is 10.5. The van der Waals surface area contributed by atoms with Crippen LogP contribution in [0.3, 0.4) is 0 Å². The Bertz CT molecular complexity index is 625. The van der Waals surface area contributed by atoms with Crippen molar-refractivity contribution in [3.05, 3.63) is 41.2 Å². The SMILES string of the molecule is CC(CO)C(C)NC(=O)Cc1coc(-c2ccc(Cl)cc2)n1. The van der Waals surface area contributed by atoms with E-state index in [4.69, 9.17) is 21.1 Å². The number of aliphatic hydroxyl groups excluding tert-OH is 1. The van der Waals surface area contributed by atoms with E-state index in [0.29, 0.717) is 16.6 Å². The largest absolute Gasteiger partial charge is 0.444 e. The van der Waals surface area contributed by atoms with Gasteiger partial charge in [0.05, 0.1) is 12.1 Å². The van der Waals surface area contributed by atoms with Crippen LogP contribution in [0.25, 0.3) is 11.5 Å². The Balaban J connectivity index is 1.97. The molecule has 0 aliphatic rings. The van der Waals surface area contributed by atoms with Crippen LogP contribution in [0, 0.1) is 5.92 Å². The number of benzene rings is 1. The maximum atomic E-state index is 11.9. The minimum atomic E-state index is -0.149. The summed E-state index contributed by atoms with van der Waals surface area (Å²) in [5, 5.41) is 12.5. The van der Waals surface area contributed by atoms with Gasteiger partial charge in [0.25, 0.3) is 0 Å². The predicted molar refractivity (Wildman–Crippen MR) is 84.5 cm³/mol. The van der Waals surface area contributed by atoms with Gasteiger partial charge in [0.15, 0.2) is 0 Å². The number of halogens is 1. The monoisotopic (exact) mass is 322 g/mol. The number of rotatable bonds is 6. The first-order valence-corrected chi connectivity index (χ1v) is 7.48. The lowest BCUT2D eigenvalue weighted by molar-refractivity contribution is -0.121. The molecule has 0 radical (unpaired) electrons. The van der Waals surface area contributed by atoms with Crippen molar-refractivity contribution in [1.29, 1.82) is 0 Å². The summed E-state index contributed by atoms with van der Waals surface area (Å²) in [7, 11) is 0. The average molecular weight is 323 g/mol. The minimum absolute atomic E-state index is 0.00545. The van der Waals surface area contributed by atoms with Gasteiger partial charge in [-0.3, -0.25) is 4.79 Å². The normalized spacial score (nSPS) is 13.6. The Labute approximate surface area is 134 Å². The van der Waals surface area contributed by atoms with Gasteiger partial charge in [0.1, 0.15) is 6.26 Å². The van der Waals surface area contributed by atoms with Gasteiger partial charge in [-0.1, -0.05) is 18.5 Å². The third kappa shape index (κ3) is 4.32. The molecule has 0 bridgehead atoms. The van der Waals surface area contributed by atoms with Gasteiger partial charge >= 0.3 is 0 Å². The Hall–Kier alpha value is -1.85. The summed E-state index contributed by atoms with van der Waals surface area (Å²) in [6, 6.07) is 7.03. The fourth-order valence-electron chi connectivity index (χ4n) is 1.88. The lowest BCUT2D eigenvalue weighted by Crippen LogP contribution is -2.39. The van der Waals surface area contributed by atoms with Crippen LogP contribution in [0.15, 0.2) is 34.9 Å². The lowest BCUT2D eigenvalue weighted by Gasteiger charge is -2.18. The first-order valence-electron chi connectivity index (χ1n) is 7.10. The average Bonchev–Trinajstić information content (AvgIpc) is 2.95. The van der Waals surface area contributed by atoms with E-state index in [1.807, 2.05) is 26.0 Å². The number of nitrogens with one attached hydrogen (secondary N) is 1. The molecule has 0 saturated carbocycles. The lowest BCUT2D eigenvalue weighted by atomic mass is 10.1. The standard InChI is InChI=1S/C16H19ClN2O3/c1-10(8-20)11(2)18-15(21)7-14-9-22-16(19-14)12-3-5-13(17)6-4-12/h3-6,9-11,20H,7-8H2,1-2H3,(H,18,21). The highest BCUT2D eigenvalue weighted by atomic mass is 35.5. The van der Waals surface area contributed by atoms with Crippen LogP contribution in [0.1, 0.15) is 19.5 Å². The van der Waals surface area contributed by atoms with Crippen LogP contribution in [0.5, 0.6) is 0 Å². The van der Waals surface area contributed by atoms with Crippen LogP contribution in [-0.4, -0.2) is 28.6 Å². The van der Waals surface area contributed by atoms with Crippen molar-refractivity contribution in [3.63, 3.8) is 0 Å². The number of carbonyl (C=O) groups is 1. The van der Waals surface area contributed by atoms with Crippen LogP contribution in [0.2, 0.25) is 5.02 Å². The van der Waals surface area contributed by atoms with Gasteiger partial charge in [-0.15, -0.1) is 0 Å². The maximum absolute atomic E-state index is 11.9. The molecule has 2 rings (SSSR count). The minimum Gasteiger partial charge on any atom is -0.444 e. The molecule has 1 amide bonds. The van der Waals surface area contributed by atoms with Crippen molar-refractivity contribution in [2.75, 3.05) is 6.61 Å². The number of aliphatic hydroxyl groups is 1. The Kier molecular flexibility index (Phi) is 5.57. The zero-order valence-electron chi connectivity index (χ0n) is 12.5. The van der Waals surface area contributed by atoms with Crippen molar-refractivity contribution in [3.8, 4) is 11.5 Å². The second kappa shape index (κ2) is 7.42. The molecular weight excluding hydrogens is 304 g/mol. The van der Waals surface area contributed by atoms with Gasteiger partial charge in [0, 0.05) is 23.2 Å². The topological polar surface area (TPSA) is 75.4 Å². The van der Waals surface area contributed by atoms with Crippen molar-refractivity contribution < 1.29 is 14.3 Å². The molecule has 0 fully saturated rings. The van der Waals surface area contributed by atoms with Gasteiger partial charge in [-0.2, -0.15) is 0 Å². The number of oxazole rings is 1. The number of hydrogen-bond donors (Lipinski definition) is 2. The van der Waals surface area contributed by atoms with E-state index in [0.717, 1.165) is 5.56 Å². The van der Waals surface area contributed by atoms with Crippen molar-refractivity contribution >= 4 is 17.5 Å². The van der Waals surface area contributed by atoms with Crippen molar-refractivity contribution in [2.45, 2.75) is 26.3 Å². The van der Waals surface area contributed by atoms with Gasteiger partial charge < -0.3 is 14.8 Å². The van der Waals surface area contributed by atoms with E-state index in [-0.39, 0.29) is 30.9 Å². The summed E-state index contributed by atoms with van der Waals surface area (Å²) in [4.78, 5) is 16.2. The molecule has 1 aromatic carbocycles. The summed E-state index contributed by atoms with van der Waals surface area (Å²) in [6.07, 6.45) is 1.61. The second-order valence-corrected chi connectivity index (χ2v) is 5.78. The number of amides is 1. The smallest absolute Gasteiger partial charge is 0.226 e. The number of aromatic nitrogens is 1. The Morgan fingerprint density at radius 1 is 1.36 bits per heavy atom. The van der Waals surface area contributed by atoms with Crippen molar-refractivity contribution in [1.82, 2.24) is 10.3 Å². The van der Waals surface area contributed by atoms with E-state index < -0.39 is 0 Å². The van der Waals surface area contributed by atoms with E-state index in [2.05, 4.69) is 10.3 Å². The van der Waals surface area contributed by atoms with E-state index in [1.165, 1.54) is 6.26 Å². The summed E-state index contributed by atoms with van der Waals surface area (Å²) >= 11 is 5.84. The third-order valence-electron chi connectivity index (χ3n) is 3.51. The summed E-state index contributed by atoms with van der Waals surface area (Å²) in [5.41, 5.74) is 1.37. The molecule has 22 heavy (non-hydrogen) atoms. The fraction of sp³-hybridized carbons (Fsp3) is 0.375. The molecule has 0 saturated heterocycles. The molecule has 2 N–H and O–H groups in total. The maximum Gasteiger partial charge on any atom is 0.226 e. The number of hydrogen-bond acceptors (Lipinski definition) is 4. The van der Waals surface area contributed by atoms with Crippen LogP contribution in [0.4, 0.5) is 0 Å². The molecule has 118 valence electrons. The summed E-state index contributed by atoms with van der Waals surface area (Å²) in [5.74, 6) is 0.311. The molecule has 6 heteroatoms. The number of nitrogens with zero attached hydrogens (tertiary/aromatic N) is 1. The van der Waals surface area contributed by atoms with E-state index in [9.17, 15) is 4.79 Å². The number of carbonyl (C=O) groups excluding carboxylic acids is 1. The zero-order chi connectivity index (χ0) is 16.1. The van der Waals surface area contributed by atoms with Gasteiger partial charge in [0.2, 0.25) is 11.8 Å². The molecular formula is C16H19ClN2O3. The van der Waals surface area contributed by atoms with Gasteiger partial charge in [-0.05, 0) is 37.1 Å². The highest BCUT2D eigenvalue weighted by molar-refractivity contribution is 6.30. The van der Waals surface area contributed by atoms with Crippen LogP contribution in [-0.2, 0) is 11.2 Å². The molecule has 5 nitrogen and oxygen atoms in total. The molecule has 0 aliphatic carbocycles. The molecule has 0 spiro atoms. The quantitative estimate of drug-likeness (QED) is 0.857. The summed E-state index contributed by atoms with van der Waals surface area (Å²) < 4.78 is 5.39. The third-order valence-corrected chi connectivity index (χ3v) is 3.77. The Morgan fingerprint density at radius 2 is 2.05 bits per heavy atom. The molecule has 2 atom stereocenters.